The molecule has 0 N–H and O–H groups in total. The Morgan fingerprint density at radius 3 is 2.50 bits per heavy atom. The fourth-order valence-electron chi connectivity index (χ4n) is 2.43. The summed E-state index contributed by atoms with van der Waals surface area (Å²) < 4.78 is 5.73. The highest BCUT2D eigenvalue weighted by atomic mass is 35.5. The number of fused-ring (bicyclic) bond motifs is 3. The summed E-state index contributed by atoms with van der Waals surface area (Å²) in [5.74, 6) is 0. The van der Waals surface area contributed by atoms with Crippen molar-refractivity contribution >= 4 is 33.7 Å². The van der Waals surface area contributed by atoms with Crippen molar-refractivity contribution in [2.75, 3.05) is 0 Å². The molecule has 0 saturated heterocycles. The molecule has 0 saturated carbocycles. The van der Waals surface area contributed by atoms with Gasteiger partial charge in [0, 0.05) is 22.0 Å². The predicted octanol–water partition coefficient (Wildman–Crippen LogP) is 5.30. The second-order valence-electron chi connectivity index (χ2n) is 4.68. The molecule has 0 bridgehead atoms. The molecule has 2 aromatic carbocycles. The first kappa shape index (κ1) is 11.5. The summed E-state index contributed by atoms with van der Waals surface area (Å²) in [4.78, 5) is 4.25. The average molecular weight is 280 g/mol. The van der Waals surface area contributed by atoms with Gasteiger partial charge in [-0.05, 0) is 47.5 Å². The topological polar surface area (TPSA) is 26.0 Å². The van der Waals surface area contributed by atoms with E-state index in [4.69, 9.17) is 16.0 Å². The molecule has 2 nitrogen and oxygen atoms in total. The average Bonchev–Trinajstić information content (AvgIpc) is 2.86. The fraction of sp³-hybridized carbons (Fsp3) is 0. The summed E-state index contributed by atoms with van der Waals surface area (Å²) >= 11 is 5.93. The van der Waals surface area contributed by atoms with E-state index in [1.54, 1.807) is 6.20 Å². The molecule has 3 heteroatoms. The van der Waals surface area contributed by atoms with Gasteiger partial charge in [-0.1, -0.05) is 29.8 Å². The van der Waals surface area contributed by atoms with Gasteiger partial charge in [-0.3, -0.25) is 0 Å². The van der Waals surface area contributed by atoms with Gasteiger partial charge < -0.3 is 4.42 Å². The first-order chi connectivity index (χ1) is 9.81. The Labute approximate surface area is 120 Å². The van der Waals surface area contributed by atoms with E-state index in [1.165, 1.54) is 0 Å². The molecule has 4 aromatic rings. The van der Waals surface area contributed by atoms with Crippen molar-refractivity contribution in [1.82, 2.24) is 4.98 Å². The smallest absolute Gasteiger partial charge is 0.227 e. The Kier molecular flexibility index (Phi) is 2.51. The van der Waals surface area contributed by atoms with Gasteiger partial charge in [-0.25, -0.2) is 4.98 Å². The highest BCUT2D eigenvalue weighted by Gasteiger charge is 2.08. The summed E-state index contributed by atoms with van der Waals surface area (Å²) in [6.07, 6.45) is 1.74. The monoisotopic (exact) mass is 279 g/mol. The third-order valence-electron chi connectivity index (χ3n) is 3.43. The van der Waals surface area contributed by atoms with Crippen LogP contribution in [-0.4, -0.2) is 4.98 Å². The van der Waals surface area contributed by atoms with Gasteiger partial charge in [0.1, 0.15) is 5.58 Å². The van der Waals surface area contributed by atoms with E-state index < -0.39 is 0 Å². The Morgan fingerprint density at radius 1 is 0.850 bits per heavy atom. The summed E-state index contributed by atoms with van der Waals surface area (Å²) in [5, 5.41) is 2.87. The van der Waals surface area contributed by atoms with Gasteiger partial charge in [-0.2, -0.15) is 0 Å². The lowest BCUT2D eigenvalue weighted by Crippen LogP contribution is -1.77. The minimum absolute atomic E-state index is 0.677. The molecule has 0 unspecified atom stereocenters. The van der Waals surface area contributed by atoms with Crippen LogP contribution in [0.2, 0.25) is 5.02 Å². The maximum absolute atomic E-state index is 5.93. The predicted molar refractivity (Wildman–Crippen MR) is 82.0 cm³/mol. The van der Waals surface area contributed by atoms with Crippen LogP contribution in [0.5, 0.6) is 0 Å². The zero-order valence-corrected chi connectivity index (χ0v) is 11.3. The van der Waals surface area contributed by atoms with Gasteiger partial charge in [0.05, 0.1) is 0 Å². The molecular formula is C17H10ClNO. The molecule has 2 aromatic heterocycles. The van der Waals surface area contributed by atoms with Crippen LogP contribution in [-0.2, 0) is 0 Å². The van der Waals surface area contributed by atoms with Crippen molar-refractivity contribution in [3.63, 3.8) is 0 Å². The highest BCUT2D eigenvalue weighted by molar-refractivity contribution is 6.30. The molecule has 0 atom stereocenters. The van der Waals surface area contributed by atoms with Gasteiger partial charge in [0.25, 0.3) is 0 Å². The van der Waals surface area contributed by atoms with Crippen LogP contribution in [0.15, 0.2) is 65.2 Å². The van der Waals surface area contributed by atoms with Crippen molar-refractivity contribution in [3.8, 4) is 11.1 Å². The summed E-state index contributed by atoms with van der Waals surface area (Å²) in [5.41, 5.74) is 3.81. The minimum Gasteiger partial charge on any atom is -0.438 e. The third kappa shape index (κ3) is 1.77. The van der Waals surface area contributed by atoms with Crippen molar-refractivity contribution in [2.24, 2.45) is 0 Å². The SMILES string of the molecule is Clc1ccc(-c2ccc3oc4ncccc4c3c2)cc1. The van der Waals surface area contributed by atoms with Crippen LogP contribution in [0.25, 0.3) is 33.2 Å². The molecule has 2 heterocycles. The Hall–Kier alpha value is -2.32. The van der Waals surface area contributed by atoms with Crippen LogP contribution in [0.4, 0.5) is 0 Å². The zero-order chi connectivity index (χ0) is 13.5. The second kappa shape index (κ2) is 4.36. The summed E-state index contributed by atoms with van der Waals surface area (Å²) in [7, 11) is 0. The van der Waals surface area contributed by atoms with Gasteiger partial charge in [0.2, 0.25) is 5.71 Å². The molecule has 96 valence electrons. The lowest BCUT2D eigenvalue weighted by atomic mass is 10.0. The lowest BCUT2D eigenvalue weighted by molar-refractivity contribution is 0.654. The number of aromatic nitrogens is 1. The number of furan rings is 1. The van der Waals surface area contributed by atoms with E-state index in [2.05, 4.69) is 11.1 Å². The Balaban J connectivity index is 1.97. The van der Waals surface area contributed by atoms with Gasteiger partial charge in [-0.15, -0.1) is 0 Å². The summed E-state index contributed by atoms with van der Waals surface area (Å²) in [6, 6.07) is 18.0. The van der Waals surface area contributed by atoms with E-state index in [9.17, 15) is 0 Å². The summed E-state index contributed by atoms with van der Waals surface area (Å²) in [6.45, 7) is 0. The van der Waals surface area contributed by atoms with Crippen molar-refractivity contribution in [2.45, 2.75) is 0 Å². The van der Waals surface area contributed by atoms with E-state index in [0.717, 1.165) is 32.5 Å². The Bertz CT molecular complexity index is 909. The number of pyridine rings is 1. The lowest BCUT2D eigenvalue weighted by Gasteiger charge is -2.01. The first-order valence-corrected chi connectivity index (χ1v) is 6.72. The third-order valence-corrected chi connectivity index (χ3v) is 3.68. The Morgan fingerprint density at radius 2 is 1.65 bits per heavy atom. The number of halogens is 1. The van der Waals surface area contributed by atoms with Crippen LogP contribution in [0, 0.1) is 0 Å². The molecular weight excluding hydrogens is 270 g/mol. The molecule has 0 radical (unpaired) electrons. The normalized spacial score (nSPS) is 11.2. The second-order valence-corrected chi connectivity index (χ2v) is 5.11. The maximum atomic E-state index is 5.93. The van der Waals surface area contributed by atoms with Crippen LogP contribution >= 0.6 is 11.6 Å². The van der Waals surface area contributed by atoms with Crippen LogP contribution in [0.1, 0.15) is 0 Å². The fourth-order valence-corrected chi connectivity index (χ4v) is 2.56. The van der Waals surface area contributed by atoms with Crippen molar-refractivity contribution < 1.29 is 4.42 Å². The molecule has 0 fully saturated rings. The minimum atomic E-state index is 0.677. The standard InChI is InChI=1S/C17H10ClNO/c18-13-6-3-11(4-7-13)12-5-8-16-15(10-12)14-2-1-9-19-17(14)20-16/h1-10H. The molecule has 0 spiro atoms. The maximum Gasteiger partial charge on any atom is 0.227 e. The van der Waals surface area contributed by atoms with Crippen LogP contribution < -0.4 is 0 Å². The van der Waals surface area contributed by atoms with Crippen molar-refractivity contribution in [1.29, 1.82) is 0 Å². The van der Waals surface area contributed by atoms with Gasteiger partial charge >= 0.3 is 0 Å². The number of benzene rings is 2. The molecule has 20 heavy (non-hydrogen) atoms. The van der Waals surface area contributed by atoms with E-state index in [-0.39, 0.29) is 0 Å². The number of nitrogens with zero attached hydrogens (tertiary/aromatic N) is 1. The van der Waals surface area contributed by atoms with Crippen molar-refractivity contribution in [3.05, 3.63) is 65.8 Å². The van der Waals surface area contributed by atoms with E-state index >= 15 is 0 Å². The van der Waals surface area contributed by atoms with E-state index in [0.29, 0.717) is 5.71 Å². The largest absolute Gasteiger partial charge is 0.438 e. The molecule has 4 rings (SSSR count). The number of hydrogen-bond donors (Lipinski definition) is 0. The number of rotatable bonds is 1. The molecule has 0 aliphatic carbocycles. The molecule has 0 amide bonds. The van der Waals surface area contributed by atoms with Gasteiger partial charge in [0.15, 0.2) is 0 Å². The van der Waals surface area contributed by atoms with Crippen LogP contribution in [0.3, 0.4) is 0 Å². The number of hydrogen-bond acceptors (Lipinski definition) is 2. The highest BCUT2D eigenvalue weighted by Crippen LogP contribution is 2.31. The molecule has 0 aliphatic heterocycles. The first-order valence-electron chi connectivity index (χ1n) is 6.34. The van der Waals surface area contributed by atoms with E-state index in [1.807, 2.05) is 48.5 Å². The quantitative estimate of drug-likeness (QED) is 0.472. The molecule has 0 aliphatic rings. The zero-order valence-electron chi connectivity index (χ0n) is 10.5.